The molecule has 2 amide bonds. The zero-order chi connectivity index (χ0) is 18.4. The van der Waals surface area contributed by atoms with E-state index in [2.05, 4.69) is 5.32 Å². The zero-order valence-corrected chi connectivity index (χ0v) is 13.5. The molecule has 0 unspecified atom stereocenters. The molecule has 3 nitrogen and oxygen atoms in total. The molecule has 25 heavy (non-hydrogen) atoms. The number of carbonyl (C=O) groups excluding carboxylic acids is 1. The van der Waals surface area contributed by atoms with Crippen molar-refractivity contribution in [3.8, 4) is 0 Å². The molecule has 0 bridgehead atoms. The molecular formula is C16H13F5N2OS. The third kappa shape index (κ3) is 4.85. The summed E-state index contributed by atoms with van der Waals surface area (Å²) in [5.74, 6) is -9.49. The van der Waals surface area contributed by atoms with Gasteiger partial charge in [-0.2, -0.15) is 11.8 Å². The van der Waals surface area contributed by atoms with Crippen LogP contribution in [-0.2, 0) is 5.75 Å². The van der Waals surface area contributed by atoms with E-state index in [1.807, 2.05) is 30.3 Å². The first-order valence-electron chi connectivity index (χ1n) is 7.09. The van der Waals surface area contributed by atoms with Crippen molar-refractivity contribution in [2.45, 2.75) is 5.75 Å². The Morgan fingerprint density at radius 2 is 1.44 bits per heavy atom. The fourth-order valence-corrected chi connectivity index (χ4v) is 2.69. The van der Waals surface area contributed by atoms with Gasteiger partial charge in [0.25, 0.3) is 0 Å². The number of hydrogen-bond donors (Lipinski definition) is 2. The highest BCUT2D eigenvalue weighted by Crippen LogP contribution is 2.26. The minimum atomic E-state index is -2.28. The summed E-state index contributed by atoms with van der Waals surface area (Å²) in [6.45, 7) is 0.152. The van der Waals surface area contributed by atoms with Crippen molar-refractivity contribution in [2.24, 2.45) is 0 Å². The fraction of sp³-hybridized carbons (Fsp3) is 0.188. The van der Waals surface area contributed by atoms with Crippen LogP contribution in [0.25, 0.3) is 0 Å². The van der Waals surface area contributed by atoms with Crippen LogP contribution in [0.5, 0.6) is 0 Å². The van der Waals surface area contributed by atoms with Gasteiger partial charge in [0.15, 0.2) is 23.3 Å². The van der Waals surface area contributed by atoms with E-state index in [0.717, 1.165) is 5.56 Å². The molecular weight excluding hydrogens is 363 g/mol. The Bertz CT molecular complexity index is 729. The summed E-state index contributed by atoms with van der Waals surface area (Å²) in [5, 5.41) is 3.92. The SMILES string of the molecule is O=C(NCCSCc1ccccc1)Nc1c(F)c(F)c(F)c(F)c1F. The van der Waals surface area contributed by atoms with Gasteiger partial charge in [0.1, 0.15) is 5.69 Å². The van der Waals surface area contributed by atoms with E-state index in [9.17, 15) is 26.7 Å². The summed E-state index contributed by atoms with van der Waals surface area (Å²) in [5.41, 5.74) is -0.288. The topological polar surface area (TPSA) is 41.1 Å². The van der Waals surface area contributed by atoms with Crippen LogP contribution in [0.4, 0.5) is 32.4 Å². The fourth-order valence-electron chi connectivity index (χ4n) is 1.87. The molecule has 2 rings (SSSR count). The van der Waals surface area contributed by atoms with E-state index in [1.165, 1.54) is 11.8 Å². The van der Waals surface area contributed by atoms with Gasteiger partial charge in [0.2, 0.25) is 5.82 Å². The van der Waals surface area contributed by atoms with E-state index < -0.39 is 40.8 Å². The zero-order valence-electron chi connectivity index (χ0n) is 12.7. The number of benzene rings is 2. The standard InChI is InChI=1S/C16H13F5N2OS/c17-10-11(18)13(20)15(14(21)12(10)19)23-16(24)22-6-7-25-8-9-4-2-1-3-5-9/h1-5H,6-8H2,(H2,22,23,24). The first-order chi connectivity index (χ1) is 11.9. The molecule has 0 aromatic heterocycles. The Labute approximate surface area is 144 Å². The average molecular weight is 376 g/mol. The Morgan fingerprint density at radius 1 is 0.880 bits per heavy atom. The molecule has 0 fully saturated rings. The summed E-state index contributed by atoms with van der Waals surface area (Å²) in [7, 11) is 0. The predicted molar refractivity (Wildman–Crippen MR) is 85.9 cm³/mol. The molecule has 0 atom stereocenters. The lowest BCUT2D eigenvalue weighted by atomic mass is 10.2. The predicted octanol–water partition coefficient (Wildman–Crippen LogP) is 4.44. The number of carbonyl (C=O) groups is 1. The van der Waals surface area contributed by atoms with Crippen molar-refractivity contribution in [1.29, 1.82) is 0 Å². The van der Waals surface area contributed by atoms with Gasteiger partial charge in [0.05, 0.1) is 0 Å². The highest BCUT2D eigenvalue weighted by Gasteiger charge is 2.26. The average Bonchev–Trinajstić information content (AvgIpc) is 2.62. The lowest BCUT2D eigenvalue weighted by Gasteiger charge is -2.11. The van der Waals surface area contributed by atoms with Crippen LogP contribution in [0, 0.1) is 29.1 Å². The van der Waals surface area contributed by atoms with Gasteiger partial charge in [-0.1, -0.05) is 30.3 Å². The Morgan fingerprint density at radius 3 is 2.04 bits per heavy atom. The minimum absolute atomic E-state index is 0.152. The first-order valence-corrected chi connectivity index (χ1v) is 8.25. The number of hydrogen-bond acceptors (Lipinski definition) is 2. The Kier molecular flexibility index (Phi) is 6.63. The lowest BCUT2D eigenvalue weighted by Crippen LogP contribution is -2.31. The highest BCUT2D eigenvalue weighted by atomic mass is 32.2. The summed E-state index contributed by atoms with van der Waals surface area (Å²) in [6, 6.07) is 8.49. The van der Waals surface area contributed by atoms with Crippen LogP contribution in [0.3, 0.4) is 0 Å². The summed E-state index contributed by atoms with van der Waals surface area (Å²) in [4.78, 5) is 11.6. The normalized spacial score (nSPS) is 10.6. The molecule has 0 spiro atoms. The quantitative estimate of drug-likeness (QED) is 0.339. The molecule has 0 aliphatic carbocycles. The molecule has 0 saturated carbocycles. The smallest absolute Gasteiger partial charge is 0.319 e. The maximum absolute atomic E-state index is 13.4. The largest absolute Gasteiger partial charge is 0.337 e. The second-order valence-electron chi connectivity index (χ2n) is 4.86. The van der Waals surface area contributed by atoms with E-state index >= 15 is 0 Å². The van der Waals surface area contributed by atoms with Gasteiger partial charge in [-0.3, -0.25) is 0 Å². The molecule has 0 heterocycles. The number of nitrogens with one attached hydrogen (secondary N) is 2. The third-order valence-corrected chi connectivity index (χ3v) is 4.12. The molecule has 0 aliphatic rings. The number of rotatable bonds is 6. The lowest BCUT2D eigenvalue weighted by molar-refractivity contribution is 0.252. The van der Waals surface area contributed by atoms with Gasteiger partial charge >= 0.3 is 6.03 Å². The van der Waals surface area contributed by atoms with Gasteiger partial charge in [0, 0.05) is 18.1 Å². The van der Waals surface area contributed by atoms with Crippen molar-refractivity contribution in [1.82, 2.24) is 5.32 Å². The van der Waals surface area contributed by atoms with Crippen LogP contribution in [0.1, 0.15) is 5.56 Å². The second kappa shape index (κ2) is 8.70. The molecule has 9 heteroatoms. The summed E-state index contributed by atoms with van der Waals surface area (Å²) < 4.78 is 65.8. The molecule has 0 aliphatic heterocycles. The molecule has 134 valence electrons. The van der Waals surface area contributed by atoms with E-state index in [0.29, 0.717) is 11.5 Å². The van der Waals surface area contributed by atoms with Crippen LogP contribution in [0.2, 0.25) is 0 Å². The molecule has 2 N–H and O–H groups in total. The van der Waals surface area contributed by atoms with Crippen LogP contribution < -0.4 is 10.6 Å². The number of urea groups is 1. The number of thioether (sulfide) groups is 1. The van der Waals surface area contributed by atoms with Crippen LogP contribution >= 0.6 is 11.8 Å². The van der Waals surface area contributed by atoms with Gasteiger partial charge in [-0.25, -0.2) is 26.7 Å². The van der Waals surface area contributed by atoms with E-state index in [-0.39, 0.29) is 6.54 Å². The Balaban J connectivity index is 1.83. The van der Waals surface area contributed by atoms with E-state index in [4.69, 9.17) is 0 Å². The van der Waals surface area contributed by atoms with Crippen molar-refractivity contribution in [3.63, 3.8) is 0 Å². The maximum Gasteiger partial charge on any atom is 0.319 e. The number of halogens is 5. The molecule has 2 aromatic rings. The van der Waals surface area contributed by atoms with Gasteiger partial charge in [-0.05, 0) is 5.56 Å². The van der Waals surface area contributed by atoms with Gasteiger partial charge in [-0.15, -0.1) is 0 Å². The monoisotopic (exact) mass is 376 g/mol. The number of anilines is 1. The molecule has 2 aromatic carbocycles. The van der Waals surface area contributed by atoms with E-state index in [1.54, 1.807) is 5.32 Å². The van der Waals surface area contributed by atoms with Crippen molar-refractivity contribution >= 4 is 23.5 Å². The Hall–Kier alpha value is -2.29. The maximum atomic E-state index is 13.4. The van der Waals surface area contributed by atoms with Crippen molar-refractivity contribution < 1.29 is 26.7 Å². The molecule has 0 radical (unpaired) electrons. The highest BCUT2D eigenvalue weighted by molar-refractivity contribution is 7.98. The third-order valence-electron chi connectivity index (χ3n) is 3.09. The van der Waals surface area contributed by atoms with Crippen LogP contribution in [0.15, 0.2) is 30.3 Å². The van der Waals surface area contributed by atoms with Crippen molar-refractivity contribution in [3.05, 3.63) is 65.0 Å². The number of amides is 2. The second-order valence-corrected chi connectivity index (χ2v) is 5.97. The summed E-state index contributed by atoms with van der Waals surface area (Å²) in [6.07, 6.45) is 0. The molecule has 0 saturated heterocycles. The summed E-state index contributed by atoms with van der Waals surface area (Å²) >= 11 is 1.51. The minimum Gasteiger partial charge on any atom is -0.337 e. The van der Waals surface area contributed by atoms with Gasteiger partial charge < -0.3 is 10.6 Å². The van der Waals surface area contributed by atoms with Crippen LogP contribution in [-0.4, -0.2) is 18.3 Å². The first kappa shape index (κ1) is 19.0. The van der Waals surface area contributed by atoms with Crippen molar-refractivity contribution in [2.75, 3.05) is 17.6 Å².